The summed E-state index contributed by atoms with van der Waals surface area (Å²) in [6.45, 7) is 3.99. The normalized spacial score (nSPS) is 15.3. The molecular weight excluding hydrogens is 464 g/mol. The van der Waals surface area contributed by atoms with Crippen molar-refractivity contribution < 1.29 is 29.1 Å². The third-order valence-electron chi connectivity index (χ3n) is 5.36. The van der Waals surface area contributed by atoms with E-state index in [1.807, 2.05) is 13.2 Å². The first kappa shape index (κ1) is 31.6. The molecule has 0 bridgehead atoms. The molecule has 34 heavy (non-hydrogen) atoms. The van der Waals surface area contributed by atoms with Gasteiger partial charge in [-0.3, -0.25) is 19.2 Å². The third kappa shape index (κ3) is 12.2. The van der Waals surface area contributed by atoms with Crippen molar-refractivity contribution in [2.75, 3.05) is 18.6 Å². The lowest BCUT2D eigenvalue weighted by molar-refractivity contribution is -0.142. The van der Waals surface area contributed by atoms with Gasteiger partial charge in [0.25, 0.3) is 0 Å². The molecule has 196 valence electrons. The van der Waals surface area contributed by atoms with Crippen molar-refractivity contribution in [2.24, 2.45) is 23.1 Å². The summed E-state index contributed by atoms with van der Waals surface area (Å²) in [6, 6.07) is -4.33. The SMILES string of the molecule is CCC(C)C(NC(=O)C(N)CC(N)=O)C(=O)NC(CCSC)C(=O)NC(CCCCN)C(=O)O. The highest BCUT2D eigenvalue weighted by Crippen LogP contribution is 2.11. The van der Waals surface area contributed by atoms with E-state index in [0.717, 1.165) is 0 Å². The number of nitrogens with two attached hydrogens (primary N) is 3. The van der Waals surface area contributed by atoms with E-state index in [2.05, 4.69) is 16.0 Å². The predicted molar refractivity (Wildman–Crippen MR) is 131 cm³/mol. The molecule has 0 spiro atoms. The van der Waals surface area contributed by atoms with Gasteiger partial charge in [0.2, 0.25) is 23.6 Å². The second kappa shape index (κ2) is 17.1. The summed E-state index contributed by atoms with van der Waals surface area (Å²) in [4.78, 5) is 60.9. The molecule has 0 aromatic heterocycles. The molecule has 4 amide bonds. The fourth-order valence-corrected chi connectivity index (χ4v) is 3.53. The zero-order valence-electron chi connectivity index (χ0n) is 20.2. The molecular formula is C21H40N6O6S. The molecule has 0 aliphatic rings. The average molecular weight is 505 g/mol. The Bertz CT molecular complexity index is 695. The van der Waals surface area contributed by atoms with Crippen molar-refractivity contribution >= 4 is 41.4 Å². The standard InChI is InChI=1S/C21H40N6O6S/c1-4-12(2)17(27-18(29)13(23)11-16(24)28)20(31)25-14(8-10-34-3)19(30)26-15(21(32)33)7-5-6-9-22/h12-15,17H,4-11,22-23H2,1-3H3,(H2,24,28)(H,25,31)(H,26,30)(H,27,29)(H,32,33). The van der Waals surface area contributed by atoms with Crippen LogP contribution in [0.1, 0.15) is 52.4 Å². The van der Waals surface area contributed by atoms with Crippen LogP contribution in [0.4, 0.5) is 0 Å². The lowest BCUT2D eigenvalue weighted by Gasteiger charge is -2.28. The molecule has 0 aromatic rings. The fourth-order valence-electron chi connectivity index (χ4n) is 3.06. The molecule has 10 N–H and O–H groups in total. The zero-order chi connectivity index (χ0) is 26.3. The second-order valence-electron chi connectivity index (χ2n) is 8.18. The number of hydrogen-bond acceptors (Lipinski definition) is 8. The number of aliphatic carboxylic acids is 1. The Balaban J connectivity index is 5.47. The van der Waals surface area contributed by atoms with Crippen molar-refractivity contribution in [1.82, 2.24) is 16.0 Å². The maximum atomic E-state index is 13.1. The zero-order valence-corrected chi connectivity index (χ0v) is 21.0. The van der Waals surface area contributed by atoms with Gasteiger partial charge in [0.05, 0.1) is 12.5 Å². The first-order valence-electron chi connectivity index (χ1n) is 11.3. The number of carboxylic acids is 1. The average Bonchev–Trinajstić information content (AvgIpc) is 2.77. The summed E-state index contributed by atoms with van der Waals surface area (Å²) < 4.78 is 0. The van der Waals surface area contributed by atoms with Crippen LogP contribution < -0.4 is 33.2 Å². The molecule has 5 unspecified atom stereocenters. The number of carbonyl (C=O) groups is 5. The molecule has 0 saturated carbocycles. The molecule has 0 fully saturated rings. The van der Waals surface area contributed by atoms with Crippen molar-refractivity contribution in [3.05, 3.63) is 0 Å². The minimum absolute atomic E-state index is 0.213. The molecule has 5 atom stereocenters. The van der Waals surface area contributed by atoms with Crippen LogP contribution in [0.2, 0.25) is 0 Å². The van der Waals surface area contributed by atoms with Crippen molar-refractivity contribution in [1.29, 1.82) is 0 Å². The monoisotopic (exact) mass is 504 g/mol. The number of hydrogen-bond donors (Lipinski definition) is 7. The van der Waals surface area contributed by atoms with Crippen LogP contribution in [0.25, 0.3) is 0 Å². The van der Waals surface area contributed by atoms with E-state index in [4.69, 9.17) is 17.2 Å². The van der Waals surface area contributed by atoms with Crippen LogP contribution in [-0.2, 0) is 24.0 Å². The van der Waals surface area contributed by atoms with Gasteiger partial charge in [-0.1, -0.05) is 20.3 Å². The third-order valence-corrected chi connectivity index (χ3v) is 6.00. The Morgan fingerprint density at radius 1 is 0.941 bits per heavy atom. The summed E-state index contributed by atoms with van der Waals surface area (Å²) in [5.74, 6) is -3.64. The molecule has 0 radical (unpaired) electrons. The van der Waals surface area contributed by atoms with E-state index in [0.29, 0.717) is 31.6 Å². The van der Waals surface area contributed by atoms with Crippen LogP contribution in [0, 0.1) is 5.92 Å². The van der Waals surface area contributed by atoms with E-state index >= 15 is 0 Å². The number of primary amides is 1. The van der Waals surface area contributed by atoms with Crippen LogP contribution in [0.15, 0.2) is 0 Å². The lowest BCUT2D eigenvalue weighted by Crippen LogP contribution is -2.59. The van der Waals surface area contributed by atoms with Crippen LogP contribution in [-0.4, -0.2) is 77.4 Å². The van der Waals surface area contributed by atoms with Crippen molar-refractivity contribution in [2.45, 2.75) is 76.5 Å². The first-order chi connectivity index (χ1) is 16.0. The number of rotatable bonds is 18. The maximum Gasteiger partial charge on any atom is 0.326 e. The van der Waals surface area contributed by atoms with Gasteiger partial charge in [-0.2, -0.15) is 11.8 Å². The Hall–Kier alpha value is -2.38. The van der Waals surface area contributed by atoms with E-state index in [1.165, 1.54) is 11.8 Å². The second-order valence-corrected chi connectivity index (χ2v) is 9.16. The quantitative estimate of drug-likeness (QED) is 0.110. The van der Waals surface area contributed by atoms with Gasteiger partial charge >= 0.3 is 5.97 Å². The van der Waals surface area contributed by atoms with E-state index < -0.39 is 53.8 Å². The van der Waals surface area contributed by atoms with Gasteiger partial charge in [-0.05, 0) is 50.2 Å². The van der Waals surface area contributed by atoms with Crippen LogP contribution in [0.5, 0.6) is 0 Å². The highest BCUT2D eigenvalue weighted by molar-refractivity contribution is 7.98. The highest BCUT2D eigenvalue weighted by Gasteiger charge is 2.32. The minimum atomic E-state index is -1.21. The molecule has 0 rings (SSSR count). The van der Waals surface area contributed by atoms with Gasteiger partial charge in [0.15, 0.2) is 0 Å². The number of thioether (sulfide) groups is 1. The molecule has 0 aromatic carbocycles. The Morgan fingerprint density at radius 2 is 1.56 bits per heavy atom. The first-order valence-corrected chi connectivity index (χ1v) is 12.7. The molecule has 0 aliphatic heterocycles. The van der Waals surface area contributed by atoms with E-state index in [9.17, 15) is 29.1 Å². The molecule has 0 saturated heterocycles. The molecule has 12 nitrogen and oxygen atoms in total. The smallest absolute Gasteiger partial charge is 0.326 e. The number of nitrogens with one attached hydrogen (secondary N) is 3. The summed E-state index contributed by atoms with van der Waals surface area (Å²) in [5.41, 5.74) is 16.2. The van der Waals surface area contributed by atoms with Crippen molar-refractivity contribution in [3.63, 3.8) is 0 Å². The maximum absolute atomic E-state index is 13.1. The fraction of sp³-hybridized carbons (Fsp3) is 0.762. The number of carboxylic acid groups (broad SMARTS) is 1. The van der Waals surface area contributed by atoms with E-state index in [1.54, 1.807) is 6.92 Å². The topological polar surface area (TPSA) is 220 Å². The summed E-state index contributed by atoms with van der Waals surface area (Å²) in [6.07, 6.45) is 3.63. The Labute approximate surface area is 204 Å². The van der Waals surface area contributed by atoms with Crippen molar-refractivity contribution in [3.8, 4) is 0 Å². The Morgan fingerprint density at radius 3 is 2.06 bits per heavy atom. The molecule has 0 heterocycles. The summed E-state index contributed by atoms with van der Waals surface area (Å²) >= 11 is 1.46. The van der Waals surface area contributed by atoms with Crippen LogP contribution in [0.3, 0.4) is 0 Å². The summed E-state index contributed by atoms with van der Waals surface area (Å²) in [5, 5.41) is 17.1. The summed E-state index contributed by atoms with van der Waals surface area (Å²) in [7, 11) is 0. The number of amides is 4. The van der Waals surface area contributed by atoms with Gasteiger partial charge in [0.1, 0.15) is 18.1 Å². The largest absolute Gasteiger partial charge is 0.480 e. The lowest BCUT2D eigenvalue weighted by atomic mass is 9.97. The van der Waals surface area contributed by atoms with Gasteiger partial charge in [0, 0.05) is 0 Å². The molecule has 13 heteroatoms. The highest BCUT2D eigenvalue weighted by atomic mass is 32.2. The minimum Gasteiger partial charge on any atom is -0.480 e. The number of unbranched alkanes of at least 4 members (excludes halogenated alkanes) is 1. The van der Waals surface area contributed by atoms with Gasteiger partial charge in [-0.15, -0.1) is 0 Å². The van der Waals surface area contributed by atoms with Gasteiger partial charge < -0.3 is 38.3 Å². The van der Waals surface area contributed by atoms with E-state index in [-0.39, 0.29) is 25.2 Å². The van der Waals surface area contributed by atoms with Crippen LogP contribution >= 0.6 is 11.8 Å². The predicted octanol–water partition coefficient (Wildman–Crippen LogP) is -1.34. The van der Waals surface area contributed by atoms with Gasteiger partial charge in [-0.25, -0.2) is 4.79 Å². The Kier molecular flexibility index (Phi) is 15.9. The number of carbonyl (C=O) groups excluding carboxylic acids is 4. The molecule has 0 aliphatic carbocycles.